The molecule has 7 rings (SSSR count). The van der Waals surface area contributed by atoms with Crippen LogP contribution in [-0.4, -0.2) is 27.1 Å². The molecular weight excluding hydrogens is 544 g/mol. The molecule has 0 radical (unpaired) electrons. The molecule has 4 aromatic rings. The van der Waals surface area contributed by atoms with E-state index in [0.717, 1.165) is 44.8 Å². The smallest absolute Gasteiger partial charge is 0.103 e. The minimum Gasteiger partial charge on any atom is -0.383 e. The molecule has 3 heterocycles. The van der Waals surface area contributed by atoms with Crippen molar-refractivity contribution in [2.75, 3.05) is 17.2 Å². The second-order valence-electron chi connectivity index (χ2n) is 13.0. The van der Waals surface area contributed by atoms with Crippen molar-refractivity contribution in [2.24, 2.45) is 11.3 Å². The van der Waals surface area contributed by atoms with Crippen molar-refractivity contribution in [1.82, 2.24) is 25.9 Å². The lowest BCUT2D eigenvalue weighted by Crippen LogP contribution is -2.46. The van der Waals surface area contributed by atoms with Gasteiger partial charge in [0.05, 0.1) is 44.6 Å². The molecule has 1 aliphatic heterocycles. The molecular formula is C33H35ClN8. The number of anilines is 2. The molecule has 8 nitrogen and oxygen atoms in total. The number of hydrogen-bond donors (Lipinski definition) is 4. The van der Waals surface area contributed by atoms with Crippen LogP contribution in [0.2, 0.25) is 5.02 Å². The van der Waals surface area contributed by atoms with E-state index in [2.05, 4.69) is 87.8 Å². The van der Waals surface area contributed by atoms with Gasteiger partial charge in [0.2, 0.25) is 0 Å². The third-order valence-electron chi connectivity index (χ3n) is 8.62. The Morgan fingerprint density at radius 3 is 2.71 bits per heavy atom. The molecule has 2 aromatic carbocycles. The van der Waals surface area contributed by atoms with Gasteiger partial charge in [0.1, 0.15) is 6.07 Å². The number of rotatable bonds is 8. The first-order valence-electron chi connectivity index (χ1n) is 14.6. The van der Waals surface area contributed by atoms with Gasteiger partial charge in [-0.2, -0.15) is 5.26 Å². The van der Waals surface area contributed by atoms with Crippen LogP contribution in [0.4, 0.5) is 11.4 Å². The maximum Gasteiger partial charge on any atom is 0.103 e. The molecule has 1 atom stereocenters. The predicted molar refractivity (Wildman–Crippen MR) is 168 cm³/mol. The number of nitrogens with zero attached hydrogens (tertiary/aromatic N) is 4. The Morgan fingerprint density at radius 2 is 1.98 bits per heavy atom. The van der Waals surface area contributed by atoms with Gasteiger partial charge in [0, 0.05) is 41.6 Å². The lowest BCUT2D eigenvalue weighted by atomic mass is 9.96. The van der Waals surface area contributed by atoms with Crippen molar-refractivity contribution >= 4 is 44.8 Å². The first-order chi connectivity index (χ1) is 20.3. The van der Waals surface area contributed by atoms with Crippen molar-refractivity contribution in [3.63, 3.8) is 0 Å². The molecule has 0 amide bonds. The van der Waals surface area contributed by atoms with Crippen LogP contribution in [0.3, 0.4) is 0 Å². The van der Waals surface area contributed by atoms with Gasteiger partial charge in [-0.25, -0.2) is 0 Å². The molecule has 0 saturated heterocycles. The molecule has 214 valence electrons. The van der Waals surface area contributed by atoms with Gasteiger partial charge in [0.25, 0.3) is 0 Å². The highest BCUT2D eigenvalue weighted by molar-refractivity contribution is 6.35. The summed E-state index contributed by atoms with van der Waals surface area (Å²) in [4.78, 5) is 9.17. The van der Waals surface area contributed by atoms with E-state index in [4.69, 9.17) is 11.6 Å². The topological polar surface area (TPSA) is 101 Å². The van der Waals surface area contributed by atoms with E-state index in [1.54, 1.807) is 6.20 Å². The van der Waals surface area contributed by atoms with E-state index in [9.17, 15) is 5.26 Å². The maximum atomic E-state index is 9.91. The molecule has 2 saturated carbocycles. The molecule has 2 fully saturated rings. The highest BCUT2D eigenvalue weighted by Crippen LogP contribution is 2.57. The third-order valence-corrected chi connectivity index (χ3v) is 8.91. The number of nitriles is 1. The van der Waals surface area contributed by atoms with E-state index in [1.165, 1.54) is 25.7 Å². The third kappa shape index (κ3) is 4.87. The van der Waals surface area contributed by atoms with Crippen LogP contribution in [0.1, 0.15) is 63.6 Å². The van der Waals surface area contributed by atoms with Crippen molar-refractivity contribution in [1.29, 1.82) is 5.26 Å². The summed E-state index contributed by atoms with van der Waals surface area (Å²) < 4.78 is 0. The number of fused-ring (bicyclic) bond motifs is 2. The lowest BCUT2D eigenvalue weighted by Gasteiger charge is -2.26. The second kappa shape index (κ2) is 10.0. The van der Waals surface area contributed by atoms with Gasteiger partial charge in [-0.15, -0.1) is 5.53 Å². The number of hydrogen-bond acceptors (Lipinski definition) is 8. The van der Waals surface area contributed by atoms with Gasteiger partial charge in [-0.05, 0) is 66.8 Å². The summed E-state index contributed by atoms with van der Waals surface area (Å²) in [6.07, 6.45) is 10.7. The number of benzene rings is 2. The fourth-order valence-electron chi connectivity index (χ4n) is 6.15. The van der Waals surface area contributed by atoms with Crippen LogP contribution < -0.4 is 21.6 Å². The van der Waals surface area contributed by atoms with Gasteiger partial charge in [-0.3, -0.25) is 15.0 Å². The van der Waals surface area contributed by atoms with Crippen LogP contribution in [-0.2, 0) is 0 Å². The van der Waals surface area contributed by atoms with Gasteiger partial charge < -0.3 is 16.1 Å². The van der Waals surface area contributed by atoms with E-state index >= 15 is 0 Å². The van der Waals surface area contributed by atoms with Crippen molar-refractivity contribution in [2.45, 2.75) is 58.0 Å². The number of hydrazine groups is 2. The Labute approximate surface area is 251 Å². The average molecular weight is 579 g/mol. The van der Waals surface area contributed by atoms with E-state index < -0.39 is 0 Å². The molecule has 3 aliphatic rings. The average Bonchev–Trinajstić information content (AvgIpc) is 3.91. The Kier molecular flexibility index (Phi) is 6.41. The molecule has 2 aliphatic carbocycles. The van der Waals surface area contributed by atoms with Crippen molar-refractivity contribution < 1.29 is 0 Å². The van der Waals surface area contributed by atoms with E-state index in [1.807, 2.05) is 30.5 Å². The molecule has 0 spiro atoms. The Balaban J connectivity index is 1.32. The van der Waals surface area contributed by atoms with E-state index in [-0.39, 0.29) is 17.0 Å². The lowest BCUT2D eigenvalue weighted by molar-refractivity contribution is 0.156. The van der Waals surface area contributed by atoms with Gasteiger partial charge in [0.15, 0.2) is 0 Å². The van der Waals surface area contributed by atoms with Gasteiger partial charge >= 0.3 is 0 Å². The quantitative estimate of drug-likeness (QED) is 0.177. The highest BCUT2D eigenvalue weighted by atomic mass is 35.5. The van der Waals surface area contributed by atoms with Crippen LogP contribution in [0, 0.1) is 22.7 Å². The second-order valence-corrected chi connectivity index (χ2v) is 13.4. The minimum absolute atomic E-state index is 0.0222. The summed E-state index contributed by atoms with van der Waals surface area (Å²) in [7, 11) is 0. The normalized spacial score (nSPS) is 18.4. The SMILES string of the molecule is CC(C)(C)CNc1c(C#N)cnc2c(Cl)cc(N[C@H](C3=CN(C4(C5CC5)CC4)NN3)c3cccc4ncccc34)cc12. The van der Waals surface area contributed by atoms with Gasteiger partial charge in [-0.1, -0.05) is 50.6 Å². The standard InChI is InChI=1S/C33H35ClN8/c1-32(2,3)19-38-29-20(16-35)17-37-30-25(29)14-22(15-26(30)34)39-31(24-6-4-8-27-23(24)7-5-13-36-27)28-18-42(41-40-28)33(11-12-33)21-9-10-21/h4-8,13-15,17-18,21,31,39-41H,9-12,19H2,1-3H3,(H,37,38)/t31-/m0/s1. The zero-order valence-corrected chi connectivity index (χ0v) is 24.9. The summed E-state index contributed by atoms with van der Waals surface area (Å²) in [5.41, 5.74) is 13.0. The molecule has 42 heavy (non-hydrogen) atoms. The van der Waals surface area contributed by atoms with Crippen LogP contribution in [0.5, 0.6) is 0 Å². The first-order valence-corrected chi connectivity index (χ1v) is 15.0. The number of halogens is 1. The minimum atomic E-state index is -0.225. The molecule has 2 aromatic heterocycles. The molecule has 0 bridgehead atoms. The summed E-state index contributed by atoms with van der Waals surface area (Å²) >= 11 is 6.86. The van der Waals surface area contributed by atoms with Crippen LogP contribution in [0.25, 0.3) is 21.8 Å². The summed E-state index contributed by atoms with van der Waals surface area (Å²) in [5, 5.41) is 21.9. The van der Waals surface area contributed by atoms with Crippen molar-refractivity contribution in [3.05, 3.63) is 82.9 Å². The maximum absolute atomic E-state index is 9.91. The highest BCUT2D eigenvalue weighted by Gasteiger charge is 2.58. The fourth-order valence-corrected chi connectivity index (χ4v) is 6.42. The Morgan fingerprint density at radius 1 is 1.14 bits per heavy atom. The van der Waals surface area contributed by atoms with Crippen LogP contribution in [0.15, 0.2) is 66.8 Å². The van der Waals surface area contributed by atoms with E-state index in [0.29, 0.717) is 22.6 Å². The zero-order chi connectivity index (χ0) is 29.1. The number of nitrogens with one attached hydrogen (secondary N) is 4. The fraction of sp³-hybridized carbons (Fsp3) is 0.364. The Hall–Kier alpha value is -4.06. The Bertz CT molecular complexity index is 1750. The largest absolute Gasteiger partial charge is 0.383 e. The predicted octanol–water partition coefficient (Wildman–Crippen LogP) is 7.03. The molecule has 0 unspecified atom stereocenters. The molecule has 4 N–H and O–H groups in total. The molecule has 9 heteroatoms. The monoisotopic (exact) mass is 578 g/mol. The van der Waals surface area contributed by atoms with Crippen molar-refractivity contribution in [3.8, 4) is 6.07 Å². The summed E-state index contributed by atoms with van der Waals surface area (Å²) in [5.74, 6) is 0.760. The summed E-state index contributed by atoms with van der Waals surface area (Å²) in [6.45, 7) is 7.18. The number of aromatic nitrogens is 2. The summed E-state index contributed by atoms with van der Waals surface area (Å²) in [6, 6.07) is 16.4. The first kappa shape index (κ1) is 26.8. The number of pyridine rings is 2. The zero-order valence-electron chi connectivity index (χ0n) is 24.1. The van der Waals surface area contributed by atoms with Crippen LogP contribution >= 0.6 is 11.6 Å².